The zero-order chi connectivity index (χ0) is 11.5. The molecule has 4 unspecified atom stereocenters. The van der Waals surface area contributed by atoms with Crippen molar-refractivity contribution in [3.8, 4) is 0 Å². The number of fused-ring (bicyclic) bond motifs is 2. The molecule has 2 bridgehead atoms. The largest absolute Gasteiger partial charge is 0.438 e. The zero-order valence-electron chi connectivity index (χ0n) is 10.3. The van der Waals surface area contributed by atoms with E-state index in [1.54, 1.807) is 0 Å². The lowest BCUT2D eigenvalue weighted by atomic mass is 9.98. The molecule has 0 amide bonds. The summed E-state index contributed by atoms with van der Waals surface area (Å²) < 4.78 is 10.8. The number of hydrogen-bond acceptors (Lipinski definition) is 3. The van der Waals surface area contributed by atoms with Crippen molar-refractivity contribution in [3.63, 3.8) is 0 Å². The molecule has 0 spiro atoms. The van der Waals surface area contributed by atoms with Gasteiger partial charge < -0.3 is 9.47 Å². The van der Waals surface area contributed by atoms with Gasteiger partial charge in [-0.05, 0) is 43.9 Å². The van der Waals surface area contributed by atoms with Crippen molar-refractivity contribution in [2.24, 2.45) is 17.8 Å². The summed E-state index contributed by atoms with van der Waals surface area (Å²) in [6.07, 6.45) is 6.34. The fraction of sp³-hybridized carbons (Fsp3) is 0.923. The zero-order valence-corrected chi connectivity index (χ0v) is 10.3. The Bertz CT molecular complexity index is 252. The van der Waals surface area contributed by atoms with Gasteiger partial charge >= 0.3 is 5.97 Å². The first-order chi connectivity index (χ1) is 7.70. The Morgan fingerprint density at radius 2 is 2.19 bits per heavy atom. The van der Waals surface area contributed by atoms with Crippen molar-refractivity contribution >= 4 is 5.97 Å². The van der Waals surface area contributed by atoms with E-state index < -0.39 is 0 Å². The second kappa shape index (κ2) is 5.17. The number of ether oxygens (including phenoxy) is 2. The summed E-state index contributed by atoms with van der Waals surface area (Å²) in [5, 5.41) is 0. The van der Waals surface area contributed by atoms with Gasteiger partial charge in [-0.15, -0.1) is 0 Å². The van der Waals surface area contributed by atoms with Crippen LogP contribution in [0.4, 0.5) is 0 Å². The van der Waals surface area contributed by atoms with Crippen LogP contribution in [0.5, 0.6) is 0 Å². The highest BCUT2D eigenvalue weighted by atomic mass is 16.7. The molecule has 2 fully saturated rings. The number of hydrogen-bond donors (Lipinski definition) is 0. The fourth-order valence-corrected chi connectivity index (χ4v) is 2.88. The highest BCUT2D eigenvalue weighted by Gasteiger charge is 2.40. The van der Waals surface area contributed by atoms with Crippen molar-refractivity contribution in [2.45, 2.75) is 52.1 Å². The summed E-state index contributed by atoms with van der Waals surface area (Å²) in [7, 11) is 0. The smallest absolute Gasteiger partial charge is 0.310 e. The summed E-state index contributed by atoms with van der Waals surface area (Å²) in [5.41, 5.74) is 0. The molecular formula is C13H22O3. The van der Waals surface area contributed by atoms with Gasteiger partial charge in [-0.3, -0.25) is 4.79 Å². The predicted molar refractivity (Wildman–Crippen MR) is 60.7 cm³/mol. The second-order valence-corrected chi connectivity index (χ2v) is 5.27. The molecule has 2 saturated carbocycles. The molecule has 2 aliphatic rings. The topological polar surface area (TPSA) is 35.5 Å². The summed E-state index contributed by atoms with van der Waals surface area (Å²) in [5.74, 6) is 1.46. The Hall–Kier alpha value is -0.570. The minimum atomic E-state index is -0.134. The maximum atomic E-state index is 11.4. The van der Waals surface area contributed by atoms with Crippen molar-refractivity contribution in [1.82, 2.24) is 0 Å². The number of carbonyl (C=O) groups is 1. The molecule has 0 heterocycles. The van der Waals surface area contributed by atoms with E-state index in [0.29, 0.717) is 6.10 Å². The van der Waals surface area contributed by atoms with Crippen LogP contribution in [0.25, 0.3) is 0 Å². The Labute approximate surface area is 97.5 Å². The van der Waals surface area contributed by atoms with Crippen LogP contribution in [-0.4, -0.2) is 18.9 Å². The van der Waals surface area contributed by atoms with E-state index in [1.165, 1.54) is 25.7 Å². The molecule has 0 aromatic heterocycles. The van der Waals surface area contributed by atoms with Gasteiger partial charge in [-0.1, -0.05) is 13.8 Å². The molecule has 0 aliphatic heterocycles. The first-order valence-electron chi connectivity index (χ1n) is 6.49. The van der Waals surface area contributed by atoms with Gasteiger partial charge in [0.15, 0.2) is 6.79 Å². The Kier molecular flexibility index (Phi) is 3.85. The van der Waals surface area contributed by atoms with Gasteiger partial charge in [0.05, 0.1) is 12.0 Å². The third-order valence-corrected chi connectivity index (χ3v) is 4.17. The maximum Gasteiger partial charge on any atom is 0.310 e. The fourth-order valence-electron chi connectivity index (χ4n) is 2.88. The molecule has 0 N–H and O–H groups in total. The first kappa shape index (κ1) is 11.9. The molecule has 3 heteroatoms. The SMILES string of the molecule is CCC(C)C(=O)OCOC1CC2CCC1C2. The van der Waals surface area contributed by atoms with E-state index in [9.17, 15) is 4.79 Å². The average molecular weight is 226 g/mol. The Morgan fingerprint density at radius 3 is 2.75 bits per heavy atom. The first-order valence-corrected chi connectivity index (χ1v) is 6.49. The molecule has 92 valence electrons. The minimum absolute atomic E-state index is 0.0105. The summed E-state index contributed by atoms with van der Waals surface area (Å²) in [6, 6.07) is 0. The Morgan fingerprint density at radius 1 is 1.38 bits per heavy atom. The number of esters is 1. The third kappa shape index (κ3) is 2.57. The predicted octanol–water partition coefficient (Wildman–Crippen LogP) is 2.74. The summed E-state index contributed by atoms with van der Waals surface area (Å²) in [6.45, 7) is 4.03. The van der Waals surface area contributed by atoms with Crippen molar-refractivity contribution in [3.05, 3.63) is 0 Å². The molecule has 2 aliphatic carbocycles. The lowest BCUT2D eigenvalue weighted by molar-refractivity contribution is -0.167. The van der Waals surface area contributed by atoms with Crippen molar-refractivity contribution < 1.29 is 14.3 Å². The van der Waals surface area contributed by atoms with E-state index in [2.05, 4.69) is 0 Å². The average Bonchev–Trinajstić information content (AvgIpc) is 2.89. The maximum absolute atomic E-state index is 11.4. The van der Waals surface area contributed by atoms with Crippen LogP contribution < -0.4 is 0 Å². The van der Waals surface area contributed by atoms with Crippen LogP contribution in [0.15, 0.2) is 0 Å². The van der Waals surface area contributed by atoms with Gasteiger partial charge in [0.1, 0.15) is 0 Å². The van der Waals surface area contributed by atoms with E-state index in [-0.39, 0.29) is 18.7 Å². The number of carbonyl (C=O) groups excluding carboxylic acids is 1. The standard InChI is InChI=1S/C13H22O3/c1-3-9(2)13(14)16-8-15-12-7-10-4-5-11(12)6-10/h9-12H,3-8H2,1-2H3. The lowest BCUT2D eigenvalue weighted by Gasteiger charge is -2.22. The molecule has 2 rings (SSSR count). The molecular weight excluding hydrogens is 204 g/mol. The number of rotatable bonds is 5. The molecule has 0 saturated heterocycles. The van der Waals surface area contributed by atoms with Crippen LogP contribution in [0.1, 0.15) is 46.0 Å². The van der Waals surface area contributed by atoms with Crippen LogP contribution in [0.2, 0.25) is 0 Å². The molecule has 3 nitrogen and oxygen atoms in total. The van der Waals surface area contributed by atoms with Gasteiger partial charge in [0.25, 0.3) is 0 Å². The minimum Gasteiger partial charge on any atom is -0.438 e. The van der Waals surface area contributed by atoms with E-state index in [1.807, 2.05) is 13.8 Å². The van der Waals surface area contributed by atoms with Gasteiger partial charge in [-0.2, -0.15) is 0 Å². The van der Waals surface area contributed by atoms with Crippen LogP contribution in [0, 0.1) is 17.8 Å². The van der Waals surface area contributed by atoms with Gasteiger partial charge in [-0.25, -0.2) is 0 Å². The van der Waals surface area contributed by atoms with Crippen molar-refractivity contribution in [2.75, 3.05) is 6.79 Å². The monoisotopic (exact) mass is 226 g/mol. The second-order valence-electron chi connectivity index (χ2n) is 5.27. The highest BCUT2D eigenvalue weighted by molar-refractivity contribution is 5.71. The van der Waals surface area contributed by atoms with Crippen LogP contribution in [0.3, 0.4) is 0 Å². The van der Waals surface area contributed by atoms with Crippen LogP contribution >= 0.6 is 0 Å². The Balaban J connectivity index is 1.63. The molecule has 0 aromatic rings. The van der Waals surface area contributed by atoms with Gasteiger partial charge in [0.2, 0.25) is 0 Å². The van der Waals surface area contributed by atoms with E-state index >= 15 is 0 Å². The summed E-state index contributed by atoms with van der Waals surface area (Å²) >= 11 is 0. The van der Waals surface area contributed by atoms with Crippen molar-refractivity contribution in [1.29, 1.82) is 0 Å². The van der Waals surface area contributed by atoms with E-state index in [4.69, 9.17) is 9.47 Å². The highest BCUT2D eigenvalue weighted by Crippen LogP contribution is 2.45. The lowest BCUT2D eigenvalue weighted by Crippen LogP contribution is -2.24. The normalized spacial score (nSPS) is 34.0. The third-order valence-electron chi connectivity index (χ3n) is 4.17. The quantitative estimate of drug-likeness (QED) is 0.534. The summed E-state index contributed by atoms with van der Waals surface area (Å²) in [4.78, 5) is 11.4. The molecule has 4 atom stereocenters. The molecule has 0 aromatic carbocycles. The van der Waals surface area contributed by atoms with E-state index in [0.717, 1.165) is 18.3 Å². The van der Waals surface area contributed by atoms with Gasteiger partial charge in [0, 0.05) is 0 Å². The molecule has 0 radical (unpaired) electrons. The molecule has 16 heavy (non-hydrogen) atoms. The van der Waals surface area contributed by atoms with Crippen LogP contribution in [-0.2, 0) is 14.3 Å².